The summed E-state index contributed by atoms with van der Waals surface area (Å²) in [6.07, 6.45) is -0.741. The first-order valence-electron chi connectivity index (χ1n) is 6.24. The van der Waals surface area contributed by atoms with E-state index in [1.807, 2.05) is 24.4 Å². The lowest BCUT2D eigenvalue weighted by molar-refractivity contribution is -0.151. The molecule has 0 saturated heterocycles. The number of carbonyl (C=O) groups is 1. The number of thiophene rings is 1. The second-order valence-corrected chi connectivity index (χ2v) is 5.59. The predicted octanol–water partition coefficient (Wildman–Crippen LogP) is 4.39. The number of halogens is 1. The van der Waals surface area contributed by atoms with Crippen molar-refractivity contribution >= 4 is 28.9 Å². The minimum absolute atomic E-state index is 0.323. The van der Waals surface area contributed by atoms with E-state index in [-0.39, 0.29) is 5.97 Å². The Morgan fingerprint density at radius 1 is 1.40 bits per heavy atom. The van der Waals surface area contributed by atoms with Crippen molar-refractivity contribution in [1.29, 1.82) is 0 Å². The number of esters is 1. The van der Waals surface area contributed by atoms with Gasteiger partial charge in [-0.05, 0) is 49.1 Å². The van der Waals surface area contributed by atoms with E-state index in [9.17, 15) is 4.79 Å². The molecule has 1 aromatic carbocycles. The lowest BCUT2D eigenvalue weighted by Gasteiger charge is -2.18. The largest absolute Gasteiger partial charge is 0.473 e. The first-order chi connectivity index (χ1) is 9.61. The van der Waals surface area contributed by atoms with Crippen LogP contribution in [0, 0.1) is 6.92 Å². The number of hydrogen-bond donors (Lipinski definition) is 0. The zero-order chi connectivity index (χ0) is 14.5. The molecule has 0 amide bonds. The van der Waals surface area contributed by atoms with Crippen molar-refractivity contribution in [3.63, 3.8) is 0 Å². The molecule has 0 fully saturated rings. The van der Waals surface area contributed by atoms with Crippen LogP contribution in [0.4, 0.5) is 0 Å². The van der Waals surface area contributed by atoms with Crippen molar-refractivity contribution in [1.82, 2.24) is 0 Å². The van der Waals surface area contributed by atoms with Crippen molar-refractivity contribution in [2.75, 3.05) is 6.61 Å². The molecule has 0 aliphatic carbocycles. The molecule has 0 radical (unpaired) electrons. The molecule has 0 bridgehead atoms. The molecular weight excluding hydrogens is 296 g/mol. The van der Waals surface area contributed by atoms with Crippen molar-refractivity contribution in [3.8, 4) is 5.75 Å². The standard InChI is InChI=1S/C15H15ClO3S/c1-3-18-15(17)14(13-5-4-8-20-13)19-12-7-6-11(16)9-10(12)2/h4-9,14H,3H2,1-2H3. The third kappa shape index (κ3) is 3.52. The summed E-state index contributed by atoms with van der Waals surface area (Å²) in [5.74, 6) is 0.241. The van der Waals surface area contributed by atoms with Gasteiger partial charge in [-0.1, -0.05) is 17.7 Å². The van der Waals surface area contributed by atoms with Crippen molar-refractivity contribution in [2.24, 2.45) is 0 Å². The highest BCUT2D eigenvalue weighted by molar-refractivity contribution is 7.10. The topological polar surface area (TPSA) is 35.5 Å². The van der Waals surface area contributed by atoms with Gasteiger partial charge in [-0.2, -0.15) is 0 Å². The number of aryl methyl sites for hydroxylation is 1. The van der Waals surface area contributed by atoms with E-state index >= 15 is 0 Å². The van der Waals surface area contributed by atoms with Crippen molar-refractivity contribution < 1.29 is 14.3 Å². The van der Waals surface area contributed by atoms with E-state index in [4.69, 9.17) is 21.1 Å². The molecule has 2 rings (SSSR count). The van der Waals surface area contributed by atoms with E-state index in [0.717, 1.165) is 10.4 Å². The lowest BCUT2D eigenvalue weighted by Crippen LogP contribution is -2.20. The van der Waals surface area contributed by atoms with Gasteiger partial charge in [-0.15, -0.1) is 11.3 Å². The SMILES string of the molecule is CCOC(=O)C(Oc1ccc(Cl)cc1C)c1cccs1. The summed E-state index contributed by atoms with van der Waals surface area (Å²) >= 11 is 7.38. The van der Waals surface area contributed by atoms with Crippen LogP contribution >= 0.6 is 22.9 Å². The maximum absolute atomic E-state index is 12.1. The summed E-state index contributed by atoms with van der Waals surface area (Å²) in [5.41, 5.74) is 0.878. The fraction of sp³-hybridized carbons (Fsp3) is 0.267. The van der Waals surface area contributed by atoms with Crippen LogP contribution in [0.3, 0.4) is 0 Å². The Morgan fingerprint density at radius 3 is 2.80 bits per heavy atom. The monoisotopic (exact) mass is 310 g/mol. The summed E-state index contributed by atoms with van der Waals surface area (Å²) in [7, 11) is 0. The average molecular weight is 311 g/mol. The predicted molar refractivity (Wildman–Crippen MR) is 80.5 cm³/mol. The van der Waals surface area contributed by atoms with Crippen molar-refractivity contribution in [3.05, 3.63) is 51.2 Å². The van der Waals surface area contributed by atoms with Crippen molar-refractivity contribution in [2.45, 2.75) is 20.0 Å². The molecule has 1 unspecified atom stereocenters. The summed E-state index contributed by atoms with van der Waals surface area (Å²) in [6.45, 7) is 3.98. The van der Waals surface area contributed by atoms with Gasteiger partial charge >= 0.3 is 5.97 Å². The number of benzene rings is 1. The summed E-state index contributed by atoms with van der Waals surface area (Å²) in [6, 6.07) is 9.04. The molecule has 5 heteroatoms. The first kappa shape index (κ1) is 14.9. The third-order valence-electron chi connectivity index (χ3n) is 2.68. The molecule has 106 valence electrons. The molecule has 1 heterocycles. The molecule has 2 aromatic rings. The van der Waals surface area contributed by atoms with Gasteiger partial charge in [-0.3, -0.25) is 0 Å². The van der Waals surface area contributed by atoms with Crippen LogP contribution in [0.5, 0.6) is 5.75 Å². The van der Waals surface area contributed by atoms with E-state index in [2.05, 4.69) is 0 Å². The van der Waals surface area contributed by atoms with Gasteiger partial charge in [0.2, 0.25) is 6.10 Å². The van der Waals surface area contributed by atoms with Crippen LogP contribution < -0.4 is 4.74 Å². The highest BCUT2D eigenvalue weighted by Gasteiger charge is 2.25. The molecule has 0 saturated carbocycles. The Morgan fingerprint density at radius 2 is 2.20 bits per heavy atom. The van der Waals surface area contributed by atoms with Crippen LogP contribution in [0.2, 0.25) is 5.02 Å². The molecular formula is C15H15ClO3S. The quantitative estimate of drug-likeness (QED) is 0.768. The number of rotatable bonds is 5. The van der Waals surface area contributed by atoms with Gasteiger partial charge in [0.05, 0.1) is 11.5 Å². The van der Waals surface area contributed by atoms with Crippen LogP contribution in [-0.4, -0.2) is 12.6 Å². The Hall–Kier alpha value is -1.52. The second-order valence-electron chi connectivity index (χ2n) is 4.18. The van der Waals surface area contributed by atoms with Gasteiger partial charge in [-0.25, -0.2) is 4.79 Å². The molecule has 3 nitrogen and oxygen atoms in total. The molecule has 0 aliphatic rings. The number of ether oxygens (including phenoxy) is 2. The van der Waals surface area contributed by atoms with E-state index in [0.29, 0.717) is 17.4 Å². The summed E-state index contributed by atoms with van der Waals surface area (Å²) in [5, 5.41) is 2.54. The van der Waals surface area contributed by atoms with Gasteiger partial charge in [0.1, 0.15) is 5.75 Å². The van der Waals surface area contributed by atoms with Crippen LogP contribution in [0.1, 0.15) is 23.5 Å². The molecule has 20 heavy (non-hydrogen) atoms. The van der Waals surface area contributed by atoms with Crippen LogP contribution in [0.25, 0.3) is 0 Å². The lowest BCUT2D eigenvalue weighted by atomic mass is 10.2. The number of carbonyl (C=O) groups excluding carboxylic acids is 1. The Kier molecular flexibility index (Phi) is 5.04. The molecule has 1 aromatic heterocycles. The normalized spacial score (nSPS) is 11.9. The smallest absolute Gasteiger partial charge is 0.352 e. The zero-order valence-corrected chi connectivity index (χ0v) is 12.8. The average Bonchev–Trinajstić information content (AvgIpc) is 2.91. The fourth-order valence-corrected chi connectivity index (χ4v) is 2.72. The Balaban J connectivity index is 2.26. The summed E-state index contributed by atoms with van der Waals surface area (Å²) < 4.78 is 10.9. The minimum Gasteiger partial charge on any atom is -0.473 e. The zero-order valence-electron chi connectivity index (χ0n) is 11.3. The second kappa shape index (κ2) is 6.77. The maximum Gasteiger partial charge on any atom is 0.352 e. The van der Waals surface area contributed by atoms with E-state index in [1.54, 1.807) is 25.1 Å². The molecule has 0 spiro atoms. The third-order valence-corrected chi connectivity index (χ3v) is 3.83. The molecule has 0 aliphatic heterocycles. The van der Waals surface area contributed by atoms with Crippen LogP contribution in [-0.2, 0) is 9.53 Å². The Bertz CT molecular complexity index is 581. The molecule has 0 N–H and O–H groups in total. The van der Waals surface area contributed by atoms with E-state index in [1.165, 1.54) is 11.3 Å². The van der Waals surface area contributed by atoms with Gasteiger partial charge < -0.3 is 9.47 Å². The summed E-state index contributed by atoms with van der Waals surface area (Å²) in [4.78, 5) is 12.9. The number of hydrogen-bond acceptors (Lipinski definition) is 4. The van der Waals surface area contributed by atoms with E-state index < -0.39 is 6.10 Å². The fourth-order valence-electron chi connectivity index (χ4n) is 1.75. The van der Waals surface area contributed by atoms with Crippen LogP contribution in [0.15, 0.2) is 35.7 Å². The molecule has 1 atom stereocenters. The highest BCUT2D eigenvalue weighted by Crippen LogP contribution is 2.30. The van der Waals surface area contributed by atoms with Gasteiger partial charge in [0.25, 0.3) is 0 Å². The van der Waals surface area contributed by atoms with Gasteiger partial charge in [0, 0.05) is 5.02 Å². The van der Waals surface area contributed by atoms with Gasteiger partial charge in [0.15, 0.2) is 0 Å². The highest BCUT2D eigenvalue weighted by atomic mass is 35.5. The maximum atomic E-state index is 12.1. The Labute approximate surface area is 127 Å². The first-order valence-corrected chi connectivity index (χ1v) is 7.50. The minimum atomic E-state index is -0.741.